The minimum Gasteiger partial charge on any atom is -0.469 e. The SMILES string of the molecule is COC(=O)CC(O)C(O)c1cc(C(=O)OC)c(C)c([N+](=O)[O-])c1. The van der Waals surface area contributed by atoms with Crippen LogP contribution in [0.4, 0.5) is 5.69 Å². The number of aliphatic hydroxyl groups is 2. The molecule has 0 aliphatic carbocycles. The van der Waals surface area contributed by atoms with Crippen molar-refractivity contribution in [2.24, 2.45) is 0 Å². The van der Waals surface area contributed by atoms with E-state index in [0.717, 1.165) is 20.3 Å². The molecule has 0 amide bonds. The highest BCUT2D eigenvalue weighted by atomic mass is 16.6. The van der Waals surface area contributed by atoms with Crippen LogP contribution in [0, 0.1) is 17.0 Å². The molecule has 0 aromatic heterocycles. The number of carbonyl (C=O) groups is 2. The third-order valence-electron chi connectivity index (χ3n) is 3.31. The van der Waals surface area contributed by atoms with E-state index in [0.29, 0.717) is 0 Å². The predicted octanol–water partition coefficient (Wildman–Crippen LogP) is 0.647. The highest BCUT2D eigenvalue weighted by Crippen LogP contribution is 2.29. The highest BCUT2D eigenvalue weighted by Gasteiger charge is 2.27. The summed E-state index contributed by atoms with van der Waals surface area (Å²) in [6.45, 7) is 1.37. The van der Waals surface area contributed by atoms with Gasteiger partial charge in [0.25, 0.3) is 5.69 Å². The number of hydrogen-bond acceptors (Lipinski definition) is 8. The Kier molecular flexibility index (Phi) is 6.17. The van der Waals surface area contributed by atoms with Gasteiger partial charge in [-0.3, -0.25) is 14.9 Å². The second-order valence-electron chi connectivity index (χ2n) is 4.75. The Balaban J connectivity index is 3.30. The van der Waals surface area contributed by atoms with Gasteiger partial charge in [-0.1, -0.05) is 0 Å². The summed E-state index contributed by atoms with van der Waals surface area (Å²) < 4.78 is 8.92. The number of ether oxygens (including phenoxy) is 2. The van der Waals surface area contributed by atoms with E-state index in [-0.39, 0.29) is 16.7 Å². The van der Waals surface area contributed by atoms with Crippen molar-refractivity contribution in [2.45, 2.75) is 25.6 Å². The van der Waals surface area contributed by atoms with Crippen molar-refractivity contribution in [3.8, 4) is 0 Å². The molecule has 1 rings (SSSR count). The monoisotopic (exact) mass is 327 g/mol. The van der Waals surface area contributed by atoms with Crippen molar-refractivity contribution >= 4 is 17.6 Å². The normalized spacial score (nSPS) is 13.1. The fourth-order valence-corrected chi connectivity index (χ4v) is 1.99. The van der Waals surface area contributed by atoms with Crippen molar-refractivity contribution in [1.29, 1.82) is 0 Å². The number of nitro groups is 1. The molecule has 1 aromatic rings. The lowest BCUT2D eigenvalue weighted by Crippen LogP contribution is -2.23. The predicted molar refractivity (Wildman–Crippen MR) is 76.8 cm³/mol. The van der Waals surface area contributed by atoms with Gasteiger partial charge in [-0.2, -0.15) is 0 Å². The minimum atomic E-state index is -1.61. The van der Waals surface area contributed by atoms with Crippen LogP contribution >= 0.6 is 0 Å². The number of esters is 2. The van der Waals surface area contributed by atoms with Crippen LogP contribution in [0.1, 0.15) is 34.0 Å². The summed E-state index contributed by atoms with van der Waals surface area (Å²) in [5.41, 5.74) is -0.535. The topological polar surface area (TPSA) is 136 Å². The standard InChI is InChI=1S/C14H17NO8/c1-7-9(14(19)23-3)4-8(5-10(7)15(20)21)13(18)11(16)6-12(17)22-2/h4-5,11,13,16,18H,6H2,1-3H3. The van der Waals surface area contributed by atoms with E-state index in [9.17, 15) is 29.9 Å². The summed E-state index contributed by atoms with van der Waals surface area (Å²) in [5.74, 6) is -1.58. The van der Waals surface area contributed by atoms with Crippen LogP contribution in [-0.4, -0.2) is 47.4 Å². The summed E-state index contributed by atoms with van der Waals surface area (Å²) in [5, 5.41) is 31.0. The Morgan fingerprint density at radius 2 is 1.87 bits per heavy atom. The lowest BCUT2D eigenvalue weighted by Gasteiger charge is -2.18. The maximum Gasteiger partial charge on any atom is 0.338 e. The van der Waals surface area contributed by atoms with E-state index in [4.69, 9.17) is 0 Å². The molecule has 2 unspecified atom stereocenters. The Morgan fingerprint density at radius 1 is 1.26 bits per heavy atom. The van der Waals surface area contributed by atoms with Crippen molar-refractivity contribution in [2.75, 3.05) is 14.2 Å². The maximum absolute atomic E-state index is 11.7. The fraction of sp³-hybridized carbons (Fsp3) is 0.429. The summed E-state index contributed by atoms with van der Waals surface area (Å²) >= 11 is 0. The second kappa shape index (κ2) is 7.65. The van der Waals surface area contributed by atoms with Crippen molar-refractivity contribution in [3.63, 3.8) is 0 Å². The van der Waals surface area contributed by atoms with E-state index in [1.807, 2.05) is 0 Å². The van der Waals surface area contributed by atoms with Gasteiger partial charge in [0.2, 0.25) is 0 Å². The number of carbonyl (C=O) groups excluding carboxylic acids is 2. The van der Waals surface area contributed by atoms with E-state index in [1.54, 1.807) is 0 Å². The highest BCUT2D eigenvalue weighted by molar-refractivity contribution is 5.92. The summed E-state index contributed by atoms with van der Waals surface area (Å²) in [6.07, 6.45) is -3.67. The number of methoxy groups -OCH3 is 2. The Labute approximate surface area is 131 Å². The molecule has 2 N–H and O–H groups in total. The molecular formula is C14H17NO8. The molecule has 0 saturated heterocycles. The Bertz CT molecular complexity index is 627. The van der Waals surface area contributed by atoms with Gasteiger partial charge in [-0.25, -0.2) is 4.79 Å². The van der Waals surface area contributed by atoms with E-state index in [1.165, 1.54) is 13.0 Å². The summed E-state index contributed by atoms with van der Waals surface area (Å²) in [7, 11) is 2.23. The molecule has 0 bridgehead atoms. The molecule has 0 spiro atoms. The average Bonchev–Trinajstić information content (AvgIpc) is 2.52. The van der Waals surface area contributed by atoms with E-state index >= 15 is 0 Å². The third-order valence-corrected chi connectivity index (χ3v) is 3.31. The summed E-state index contributed by atoms with van der Waals surface area (Å²) in [6, 6.07) is 2.21. The molecule has 0 fully saturated rings. The third kappa shape index (κ3) is 4.24. The van der Waals surface area contributed by atoms with Crippen LogP contribution in [0.25, 0.3) is 0 Å². The number of aliphatic hydroxyl groups excluding tert-OH is 2. The van der Waals surface area contributed by atoms with Crippen LogP contribution in [0.5, 0.6) is 0 Å². The molecular weight excluding hydrogens is 310 g/mol. The number of hydrogen-bond donors (Lipinski definition) is 2. The molecule has 0 aliphatic rings. The van der Waals surface area contributed by atoms with Gasteiger partial charge in [0, 0.05) is 11.6 Å². The number of benzene rings is 1. The lowest BCUT2D eigenvalue weighted by molar-refractivity contribution is -0.385. The Morgan fingerprint density at radius 3 is 2.35 bits per heavy atom. The smallest absolute Gasteiger partial charge is 0.338 e. The van der Waals surface area contributed by atoms with Crippen molar-refractivity contribution in [1.82, 2.24) is 0 Å². The van der Waals surface area contributed by atoms with Gasteiger partial charge >= 0.3 is 11.9 Å². The zero-order valence-corrected chi connectivity index (χ0v) is 12.8. The molecule has 0 saturated carbocycles. The van der Waals surface area contributed by atoms with E-state index in [2.05, 4.69) is 9.47 Å². The first-order valence-corrected chi connectivity index (χ1v) is 6.53. The van der Waals surface area contributed by atoms with Crippen LogP contribution in [0.3, 0.4) is 0 Å². The maximum atomic E-state index is 11.7. The van der Waals surface area contributed by atoms with Gasteiger partial charge in [0.05, 0.1) is 37.2 Å². The second-order valence-corrected chi connectivity index (χ2v) is 4.75. The molecule has 0 heterocycles. The van der Waals surface area contributed by atoms with Crippen LogP contribution < -0.4 is 0 Å². The molecule has 23 heavy (non-hydrogen) atoms. The first-order chi connectivity index (χ1) is 10.7. The van der Waals surface area contributed by atoms with E-state index < -0.39 is 41.2 Å². The van der Waals surface area contributed by atoms with Crippen LogP contribution in [-0.2, 0) is 14.3 Å². The lowest BCUT2D eigenvalue weighted by atomic mass is 9.96. The molecule has 9 heteroatoms. The largest absolute Gasteiger partial charge is 0.469 e. The van der Waals surface area contributed by atoms with Crippen LogP contribution in [0.2, 0.25) is 0 Å². The Hall–Kier alpha value is -2.52. The molecule has 126 valence electrons. The molecule has 1 aromatic carbocycles. The molecule has 9 nitrogen and oxygen atoms in total. The van der Waals surface area contributed by atoms with Gasteiger partial charge in [-0.05, 0) is 18.6 Å². The van der Waals surface area contributed by atoms with Gasteiger partial charge in [0.15, 0.2) is 0 Å². The minimum absolute atomic E-state index is 0.0697. The zero-order valence-electron chi connectivity index (χ0n) is 12.8. The number of nitro benzene ring substituents is 1. The average molecular weight is 327 g/mol. The zero-order chi connectivity index (χ0) is 17.7. The quantitative estimate of drug-likeness (QED) is 0.441. The number of nitrogens with zero attached hydrogens (tertiary/aromatic N) is 1. The fourth-order valence-electron chi connectivity index (χ4n) is 1.99. The van der Waals surface area contributed by atoms with Gasteiger partial charge in [-0.15, -0.1) is 0 Å². The first-order valence-electron chi connectivity index (χ1n) is 6.53. The molecule has 0 aliphatic heterocycles. The van der Waals surface area contributed by atoms with Gasteiger partial charge in [0.1, 0.15) is 6.10 Å². The van der Waals surface area contributed by atoms with Crippen LogP contribution in [0.15, 0.2) is 12.1 Å². The van der Waals surface area contributed by atoms with Crippen molar-refractivity contribution < 1.29 is 34.2 Å². The number of rotatable bonds is 6. The van der Waals surface area contributed by atoms with Gasteiger partial charge < -0.3 is 19.7 Å². The molecule has 0 radical (unpaired) electrons. The van der Waals surface area contributed by atoms with Crippen molar-refractivity contribution in [3.05, 3.63) is 38.9 Å². The first kappa shape index (κ1) is 18.5. The summed E-state index contributed by atoms with van der Waals surface area (Å²) in [4.78, 5) is 33.2. The molecule has 2 atom stereocenters.